The Kier molecular flexibility index (Phi) is 8.67. The van der Waals surface area contributed by atoms with Crippen LogP contribution in [0.5, 0.6) is 0 Å². The minimum absolute atomic E-state index is 0.0598. The van der Waals surface area contributed by atoms with E-state index in [1.165, 1.54) is 24.3 Å². The summed E-state index contributed by atoms with van der Waals surface area (Å²) in [6.07, 6.45) is 0.188. The van der Waals surface area contributed by atoms with Gasteiger partial charge in [0.1, 0.15) is 11.5 Å². The second kappa shape index (κ2) is 11.8. The molecule has 0 radical (unpaired) electrons. The average Bonchev–Trinajstić information content (AvgIpc) is 3.56. The lowest BCUT2D eigenvalue weighted by Gasteiger charge is -2.31. The lowest BCUT2D eigenvalue weighted by atomic mass is 9.97. The molecule has 2 aromatic rings. The molecule has 0 aliphatic carbocycles. The monoisotopic (exact) mass is 535 g/mol. The molecule has 0 atom stereocenters. The Labute approximate surface area is 218 Å². The number of aromatic nitrogens is 1. The van der Waals surface area contributed by atoms with Crippen molar-refractivity contribution in [2.24, 2.45) is 0 Å². The lowest BCUT2D eigenvalue weighted by Crippen LogP contribution is -2.37. The van der Waals surface area contributed by atoms with E-state index >= 15 is 0 Å². The van der Waals surface area contributed by atoms with E-state index in [0.717, 1.165) is 55.9 Å². The third-order valence-corrected chi connectivity index (χ3v) is 8.14. The van der Waals surface area contributed by atoms with Crippen LogP contribution in [0.1, 0.15) is 84.4 Å². The van der Waals surface area contributed by atoms with Gasteiger partial charge in [0.25, 0.3) is 0 Å². The molecule has 200 valence electrons. The molecule has 1 aromatic heterocycles. The van der Waals surface area contributed by atoms with Gasteiger partial charge >= 0.3 is 6.18 Å². The summed E-state index contributed by atoms with van der Waals surface area (Å²) in [7, 11) is 0. The third-order valence-electron chi connectivity index (χ3n) is 7.13. The van der Waals surface area contributed by atoms with E-state index in [1.807, 2.05) is 9.80 Å². The molecule has 0 unspecified atom stereocenters. The summed E-state index contributed by atoms with van der Waals surface area (Å²) in [5.74, 6) is -0.00699. The molecule has 2 fully saturated rings. The van der Waals surface area contributed by atoms with Crippen molar-refractivity contribution < 1.29 is 27.6 Å². The summed E-state index contributed by atoms with van der Waals surface area (Å²) >= 11 is 1.40. The first-order chi connectivity index (χ1) is 17.6. The van der Waals surface area contributed by atoms with Crippen LogP contribution in [0.3, 0.4) is 0 Å². The Morgan fingerprint density at radius 3 is 2.41 bits per heavy atom. The van der Waals surface area contributed by atoms with E-state index in [4.69, 9.17) is 0 Å². The first kappa shape index (κ1) is 27.3. The predicted octanol–water partition coefficient (Wildman–Crippen LogP) is 5.65. The fraction of sp³-hybridized carbons (Fsp3) is 0.556. The maximum absolute atomic E-state index is 13.4. The van der Waals surface area contributed by atoms with Crippen LogP contribution in [-0.4, -0.2) is 53.5 Å². The molecule has 37 heavy (non-hydrogen) atoms. The summed E-state index contributed by atoms with van der Waals surface area (Å²) in [6.45, 7) is 4.28. The Bertz CT molecular complexity index is 1130. The van der Waals surface area contributed by atoms with Gasteiger partial charge in [-0.2, -0.15) is 13.2 Å². The molecule has 3 heterocycles. The van der Waals surface area contributed by atoms with Gasteiger partial charge in [-0.3, -0.25) is 9.59 Å². The number of Topliss-reactive ketones (excluding diaryl/α,β-unsaturated/α-hetero) is 2. The van der Waals surface area contributed by atoms with E-state index in [-0.39, 0.29) is 35.5 Å². The van der Waals surface area contributed by atoms with Crippen LogP contribution in [0, 0.1) is 0 Å². The number of hydrogen-bond acceptors (Lipinski definition) is 6. The summed E-state index contributed by atoms with van der Waals surface area (Å²) in [5.41, 5.74) is 0.606. The SMILES string of the molecule is CC(=O)CCCC(=O)N1CCC(c2nc(C(=O)Cc3cc(C(F)(F)F)ccc3N3CCCC3)cs2)CC1. The number of halogens is 3. The van der Waals surface area contributed by atoms with Crippen molar-refractivity contribution in [3.05, 3.63) is 45.4 Å². The minimum atomic E-state index is -4.47. The standard InChI is InChI=1S/C27H32F3N3O3S/c1-18(34)5-4-6-25(36)33-13-9-19(10-14-33)26-31-22(17-37-26)24(35)16-20-15-21(27(28,29)30)7-8-23(20)32-11-2-3-12-32/h7-8,15,17,19H,2-6,9-14,16H2,1H3. The van der Waals surface area contributed by atoms with Crippen LogP contribution >= 0.6 is 11.3 Å². The second-order valence-corrected chi connectivity index (χ2v) is 10.8. The lowest BCUT2D eigenvalue weighted by molar-refractivity contribution is -0.137. The van der Waals surface area contributed by atoms with Gasteiger partial charge in [0.15, 0.2) is 5.78 Å². The Morgan fingerprint density at radius 2 is 1.76 bits per heavy atom. The minimum Gasteiger partial charge on any atom is -0.371 e. The molecule has 6 nitrogen and oxygen atoms in total. The number of ketones is 2. The highest BCUT2D eigenvalue weighted by molar-refractivity contribution is 7.09. The molecule has 0 saturated carbocycles. The topological polar surface area (TPSA) is 70.6 Å². The highest BCUT2D eigenvalue weighted by Crippen LogP contribution is 2.35. The zero-order valence-electron chi connectivity index (χ0n) is 21.0. The van der Waals surface area contributed by atoms with Crippen LogP contribution in [0.25, 0.3) is 0 Å². The number of amides is 1. The van der Waals surface area contributed by atoms with Crippen molar-refractivity contribution in [3.8, 4) is 0 Å². The molecule has 0 N–H and O–H groups in total. The van der Waals surface area contributed by atoms with Gasteiger partial charge in [-0.05, 0) is 62.8 Å². The van der Waals surface area contributed by atoms with E-state index in [1.54, 1.807) is 5.38 Å². The maximum Gasteiger partial charge on any atom is 0.416 e. The first-order valence-electron chi connectivity index (χ1n) is 12.8. The second-order valence-electron chi connectivity index (χ2n) is 9.92. The molecular weight excluding hydrogens is 503 g/mol. The zero-order chi connectivity index (χ0) is 26.6. The number of likely N-dealkylation sites (tertiary alicyclic amines) is 1. The molecule has 1 aromatic carbocycles. The Hall–Kier alpha value is -2.75. The molecule has 2 aliphatic rings. The molecule has 2 aliphatic heterocycles. The molecule has 2 saturated heterocycles. The average molecular weight is 536 g/mol. The summed E-state index contributed by atoms with van der Waals surface area (Å²) < 4.78 is 40.1. The number of carbonyl (C=O) groups is 3. The van der Waals surface area contributed by atoms with E-state index in [2.05, 4.69) is 4.98 Å². The van der Waals surface area contributed by atoms with Gasteiger partial charge in [-0.15, -0.1) is 11.3 Å². The zero-order valence-corrected chi connectivity index (χ0v) is 21.8. The van der Waals surface area contributed by atoms with Crippen LogP contribution in [-0.2, 0) is 22.2 Å². The number of carbonyl (C=O) groups excluding carboxylic acids is 3. The highest BCUT2D eigenvalue weighted by atomic mass is 32.1. The highest BCUT2D eigenvalue weighted by Gasteiger charge is 2.32. The molecule has 4 rings (SSSR count). The maximum atomic E-state index is 13.4. The van der Waals surface area contributed by atoms with Crippen LogP contribution in [0.2, 0.25) is 0 Å². The van der Waals surface area contributed by atoms with E-state index in [0.29, 0.717) is 43.6 Å². The van der Waals surface area contributed by atoms with Crippen molar-refractivity contribution in [1.82, 2.24) is 9.88 Å². The van der Waals surface area contributed by atoms with Crippen molar-refractivity contribution in [2.75, 3.05) is 31.1 Å². The fourth-order valence-corrected chi connectivity index (χ4v) is 6.05. The Balaban J connectivity index is 1.39. The van der Waals surface area contributed by atoms with E-state index < -0.39 is 11.7 Å². The molecular formula is C27H32F3N3O3S. The van der Waals surface area contributed by atoms with Crippen LogP contribution in [0.4, 0.5) is 18.9 Å². The van der Waals surface area contributed by atoms with Gasteiger partial charge in [0, 0.05) is 62.4 Å². The number of alkyl halides is 3. The summed E-state index contributed by atoms with van der Waals surface area (Å²) in [5, 5.41) is 2.52. The van der Waals surface area contributed by atoms with Crippen molar-refractivity contribution in [1.29, 1.82) is 0 Å². The largest absolute Gasteiger partial charge is 0.416 e. The first-order valence-corrected chi connectivity index (χ1v) is 13.7. The number of hydrogen-bond donors (Lipinski definition) is 0. The number of anilines is 1. The van der Waals surface area contributed by atoms with Crippen molar-refractivity contribution in [2.45, 2.75) is 70.4 Å². The Morgan fingerprint density at radius 1 is 1.05 bits per heavy atom. The normalized spacial score (nSPS) is 16.9. The summed E-state index contributed by atoms with van der Waals surface area (Å²) in [6, 6.07) is 3.67. The van der Waals surface area contributed by atoms with Gasteiger partial charge in [-0.1, -0.05) is 0 Å². The predicted molar refractivity (Wildman–Crippen MR) is 136 cm³/mol. The smallest absolute Gasteiger partial charge is 0.371 e. The fourth-order valence-electron chi connectivity index (χ4n) is 5.06. The van der Waals surface area contributed by atoms with Gasteiger partial charge in [0.05, 0.1) is 10.6 Å². The summed E-state index contributed by atoms with van der Waals surface area (Å²) in [4.78, 5) is 45.0. The molecule has 10 heteroatoms. The van der Waals surface area contributed by atoms with Gasteiger partial charge < -0.3 is 14.6 Å². The quantitative estimate of drug-likeness (QED) is 0.388. The van der Waals surface area contributed by atoms with Crippen LogP contribution < -0.4 is 4.90 Å². The number of rotatable bonds is 9. The molecule has 0 spiro atoms. The molecule has 0 bridgehead atoms. The number of benzene rings is 1. The van der Waals surface area contributed by atoms with Crippen molar-refractivity contribution in [3.63, 3.8) is 0 Å². The number of nitrogens with zero attached hydrogens (tertiary/aromatic N) is 3. The van der Waals surface area contributed by atoms with E-state index in [9.17, 15) is 27.6 Å². The van der Waals surface area contributed by atoms with Crippen LogP contribution in [0.15, 0.2) is 23.6 Å². The number of piperidine rings is 1. The molecule has 1 amide bonds. The van der Waals surface area contributed by atoms with Crippen molar-refractivity contribution >= 4 is 34.5 Å². The van der Waals surface area contributed by atoms with Gasteiger partial charge in [0.2, 0.25) is 5.91 Å². The third kappa shape index (κ3) is 6.97. The number of thiazole rings is 1. The van der Waals surface area contributed by atoms with Gasteiger partial charge in [-0.25, -0.2) is 4.98 Å².